The van der Waals surface area contributed by atoms with Crippen molar-refractivity contribution in [2.24, 2.45) is 11.3 Å². The van der Waals surface area contributed by atoms with Gasteiger partial charge in [-0.3, -0.25) is 9.59 Å². The molecule has 1 aliphatic carbocycles. The van der Waals surface area contributed by atoms with Gasteiger partial charge < -0.3 is 15.1 Å². The Bertz CT molecular complexity index is 941. The van der Waals surface area contributed by atoms with Gasteiger partial charge in [0.05, 0.1) is 17.3 Å². The quantitative estimate of drug-likeness (QED) is 0.861. The average Bonchev–Trinajstić information content (AvgIpc) is 3.26. The standard InChI is InChI=1S/C19H20FN3O4/c1-11-7-13(20)4-5-14(11)23-9-15(24)16(21-23)17(25)22-8-12-3-2-6-19(12,10-22)18(26)27/h4-5,7,9,12,24H,2-3,6,8,10H2,1H3,(H,26,27)/t12-,19+/m0/s1. The van der Waals surface area contributed by atoms with Crippen LogP contribution in [0.1, 0.15) is 35.3 Å². The van der Waals surface area contributed by atoms with Crippen molar-refractivity contribution in [2.75, 3.05) is 13.1 Å². The highest BCUT2D eigenvalue weighted by atomic mass is 19.1. The van der Waals surface area contributed by atoms with Crippen LogP contribution in [-0.2, 0) is 4.79 Å². The number of halogens is 1. The van der Waals surface area contributed by atoms with Crippen molar-refractivity contribution in [3.8, 4) is 11.4 Å². The average molecular weight is 373 g/mol. The van der Waals surface area contributed by atoms with Gasteiger partial charge in [-0.2, -0.15) is 5.10 Å². The minimum atomic E-state index is -0.888. The number of carboxylic acids is 1. The number of aromatic hydroxyl groups is 1. The van der Waals surface area contributed by atoms with E-state index in [1.54, 1.807) is 6.92 Å². The summed E-state index contributed by atoms with van der Waals surface area (Å²) in [5.74, 6) is -2.09. The number of aromatic nitrogens is 2. The zero-order chi connectivity index (χ0) is 19.3. The van der Waals surface area contributed by atoms with Gasteiger partial charge in [0.1, 0.15) is 5.82 Å². The van der Waals surface area contributed by atoms with Gasteiger partial charge in [-0.1, -0.05) is 6.42 Å². The van der Waals surface area contributed by atoms with E-state index in [9.17, 15) is 24.2 Å². The van der Waals surface area contributed by atoms with Crippen LogP contribution in [0, 0.1) is 24.1 Å². The number of aryl methyl sites for hydroxylation is 1. The van der Waals surface area contributed by atoms with Crippen molar-refractivity contribution in [3.05, 3.63) is 41.5 Å². The molecule has 1 aromatic heterocycles. The van der Waals surface area contributed by atoms with Gasteiger partial charge in [0, 0.05) is 13.1 Å². The normalized spacial score (nSPS) is 24.2. The van der Waals surface area contributed by atoms with Crippen LogP contribution in [0.2, 0.25) is 0 Å². The molecule has 0 bridgehead atoms. The van der Waals surface area contributed by atoms with Crippen LogP contribution < -0.4 is 0 Å². The van der Waals surface area contributed by atoms with E-state index in [-0.39, 0.29) is 29.7 Å². The minimum absolute atomic E-state index is 0.0671. The molecule has 2 aliphatic rings. The van der Waals surface area contributed by atoms with E-state index in [4.69, 9.17) is 0 Å². The minimum Gasteiger partial charge on any atom is -0.504 e. The van der Waals surface area contributed by atoms with Crippen molar-refractivity contribution in [1.29, 1.82) is 0 Å². The Morgan fingerprint density at radius 1 is 1.37 bits per heavy atom. The van der Waals surface area contributed by atoms with Crippen LogP contribution in [0.4, 0.5) is 4.39 Å². The monoisotopic (exact) mass is 373 g/mol. The molecule has 142 valence electrons. The van der Waals surface area contributed by atoms with Gasteiger partial charge in [-0.25, -0.2) is 9.07 Å². The molecule has 2 atom stereocenters. The van der Waals surface area contributed by atoms with E-state index >= 15 is 0 Å². The Balaban J connectivity index is 1.62. The highest BCUT2D eigenvalue weighted by molar-refractivity contribution is 5.95. The first kappa shape index (κ1) is 17.5. The third kappa shape index (κ3) is 2.67. The van der Waals surface area contributed by atoms with Gasteiger partial charge in [0.2, 0.25) is 0 Å². The number of carbonyl (C=O) groups is 2. The van der Waals surface area contributed by atoms with E-state index in [0.29, 0.717) is 24.2 Å². The predicted molar refractivity (Wildman–Crippen MR) is 93.2 cm³/mol. The van der Waals surface area contributed by atoms with Gasteiger partial charge in [0.25, 0.3) is 5.91 Å². The molecule has 1 saturated heterocycles. The van der Waals surface area contributed by atoms with Gasteiger partial charge in [-0.15, -0.1) is 0 Å². The molecule has 0 spiro atoms. The summed E-state index contributed by atoms with van der Waals surface area (Å²) in [5, 5.41) is 24.1. The molecule has 7 nitrogen and oxygen atoms in total. The fourth-order valence-electron chi connectivity index (χ4n) is 4.46. The number of nitrogens with zero attached hydrogens (tertiary/aromatic N) is 3. The van der Waals surface area contributed by atoms with Crippen molar-refractivity contribution >= 4 is 11.9 Å². The first-order valence-corrected chi connectivity index (χ1v) is 8.89. The molecular formula is C19H20FN3O4. The second-order valence-corrected chi connectivity index (χ2v) is 7.47. The Morgan fingerprint density at radius 2 is 2.15 bits per heavy atom. The zero-order valence-corrected chi connectivity index (χ0v) is 14.9. The molecule has 4 rings (SSSR count). The number of fused-ring (bicyclic) bond motifs is 1. The van der Waals surface area contributed by atoms with Gasteiger partial charge >= 0.3 is 5.97 Å². The largest absolute Gasteiger partial charge is 0.504 e. The third-order valence-electron chi connectivity index (χ3n) is 5.89. The zero-order valence-electron chi connectivity index (χ0n) is 14.9. The summed E-state index contributed by atoms with van der Waals surface area (Å²) in [7, 11) is 0. The Hall–Kier alpha value is -2.90. The summed E-state index contributed by atoms with van der Waals surface area (Å²) < 4.78 is 14.6. The van der Waals surface area contributed by atoms with Crippen LogP contribution >= 0.6 is 0 Å². The van der Waals surface area contributed by atoms with E-state index in [1.165, 1.54) is 34.0 Å². The summed E-state index contributed by atoms with van der Waals surface area (Å²) >= 11 is 0. The molecule has 8 heteroatoms. The van der Waals surface area contributed by atoms with Crippen molar-refractivity contribution < 1.29 is 24.2 Å². The van der Waals surface area contributed by atoms with Crippen LogP contribution in [-0.4, -0.2) is 49.9 Å². The number of rotatable bonds is 3. The van der Waals surface area contributed by atoms with E-state index < -0.39 is 17.3 Å². The van der Waals surface area contributed by atoms with Crippen LogP contribution in [0.5, 0.6) is 5.75 Å². The SMILES string of the molecule is Cc1cc(F)ccc1-n1cc(O)c(C(=O)N2C[C@@H]3CCC[C@@]3(C(=O)O)C2)n1. The summed E-state index contributed by atoms with van der Waals surface area (Å²) in [5.41, 5.74) is 0.142. The van der Waals surface area contributed by atoms with E-state index in [0.717, 1.165) is 12.8 Å². The summed E-state index contributed by atoms with van der Waals surface area (Å²) in [6.45, 7) is 2.19. The highest BCUT2D eigenvalue weighted by Crippen LogP contribution is 2.49. The Labute approximate surface area is 155 Å². The van der Waals surface area contributed by atoms with Gasteiger partial charge in [0.15, 0.2) is 11.4 Å². The van der Waals surface area contributed by atoms with E-state index in [1.807, 2.05) is 0 Å². The van der Waals surface area contributed by atoms with Crippen molar-refractivity contribution in [2.45, 2.75) is 26.2 Å². The molecule has 2 N–H and O–H groups in total. The predicted octanol–water partition coefficient (Wildman–Crippen LogP) is 2.35. The topological polar surface area (TPSA) is 95.7 Å². The highest BCUT2D eigenvalue weighted by Gasteiger charge is 2.56. The maximum Gasteiger partial charge on any atom is 0.311 e. The number of carbonyl (C=O) groups excluding carboxylic acids is 1. The summed E-state index contributed by atoms with van der Waals surface area (Å²) in [4.78, 5) is 26.2. The summed E-state index contributed by atoms with van der Waals surface area (Å²) in [6, 6.07) is 4.14. The number of carboxylic acid groups (broad SMARTS) is 1. The number of hydrogen-bond acceptors (Lipinski definition) is 4. The molecule has 1 saturated carbocycles. The maximum absolute atomic E-state index is 13.3. The smallest absolute Gasteiger partial charge is 0.311 e. The lowest BCUT2D eigenvalue weighted by atomic mass is 9.81. The molecule has 2 fully saturated rings. The lowest BCUT2D eigenvalue weighted by Crippen LogP contribution is -2.37. The Morgan fingerprint density at radius 3 is 2.81 bits per heavy atom. The number of hydrogen-bond donors (Lipinski definition) is 2. The molecule has 27 heavy (non-hydrogen) atoms. The van der Waals surface area contributed by atoms with Crippen LogP contribution in [0.25, 0.3) is 5.69 Å². The molecule has 2 aromatic rings. The number of benzene rings is 1. The number of amides is 1. The fourth-order valence-corrected chi connectivity index (χ4v) is 4.46. The molecule has 1 amide bonds. The lowest BCUT2D eigenvalue weighted by Gasteiger charge is -2.23. The summed E-state index contributed by atoms with van der Waals surface area (Å²) in [6.07, 6.45) is 3.50. The molecule has 1 aromatic carbocycles. The molecule has 2 heterocycles. The van der Waals surface area contributed by atoms with Crippen molar-refractivity contribution in [3.63, 3.8) is 0 Å². The molecule has 0 unspecified atom stereocenters. The van der Waals surface area contributed by atoms with Crippen LogP contribution in [0.15, 0.2) is 24.4 Å². The molecule has 0 radical (unpaired) electrons. The molecule has 1 aliphatic heterocycles. The second kappa shape index (κ2) is 6.07. The molecular weight excluding hydrogens is 353 g/mol. The van der Waals surface area contributed by atoms with Gasteiger partial charge in [-0.05, 0) is 49.4 Å². The van der Waals surface area contributed by atoms with Crippen LogP contribution in [0.3, 0.4) is 0 Å². The lowest BCUT2D eigenvalue weighted by molar-refractivity contribution is -0.149. The fraction of sp³-hybridized carbons (Fsp3) is 0.421. The Kier molecular flexibility index (Phi) is 3.94. The number of likely N-dealkylation sites (tertiary alicyclic amines) is 1. The maximum atomic E-state index is 13.3. The first-order chi connectivity index (χ1) is 12.8. The third-order valence-corrected chi connectivity index (χ3v) is 5.89. The second-order valence-electron chi connectivity index (χ2n) is 7.47. The van der Waals surface area contributed by atoms with E-state index in [2.05, 4.69) is 5.10 Å². The first-order valence-electron chi connectivity index (χ1n) is 8.89. The van der Waals surface area contributed by atoms with Crippen molar-refractivity contribution in [1.82, 2.24) is 14.7 Å². The number of aliphatic carboxylic acids is 1.